The van der Waals surface area contributed by atoms with Gasteiger partial charge in [-0.3, -0.25) is 4.98 Å². The quantitative estimate of drug-likeness (QED) is 0.192. The van der Waals surface area contributed by atoms with Crippen molar-refractivity contribution in [1.29, 1.82) is 0 Å². The van der Waals surface area contributed by atoms with Gasteiger partial charge < -0.3 is 24.7 Å². The van der Waals surface area contributed by atoms with Gasteiger partial charge in [-0.15, -0.1) is 0 Å². The Labute approximate surface area is 214 Å². The second-order valence-corrected chi connectivity index (χ2v) is 15.3. The summed E-state index contributed by atoms with van der Waals surface area (Å²) in [6.07, 6.45) is 4.91. The van der Waals surface area contributed by atoms with E-state index in [9.17, 15) is 13.6 Å². The zero-order chi connectivity index (χ0) is 26.4. The van der Waals surface area contributed by atoms with Crippen LogP contribution in [0.25, 0.3) is 11.0 Å². The van der Waals surface area contributed by atoms with E-state index >= 15 is 0 Å². The first-order chi connectivity index (χ1) is 17.7. The predicted molar refractivity (Wildman–Crippen MR) is 140 cm³/mol. The number of rotatable bonds is 10. The normalized spacial score (nSPS) is 11.5. The lowest BCUT2D eigenvalue weighted by molar-refractivity contribution is 0.0899. The molecule has 0 saturated carbocycles. The summed E-state index contributed by atoms with van der Waals surface area (Å²) >= 11 is 0. The molecule has 0 atom stereocenters. The molecule has 0 radical (unpaired) electrons. The first-order valence-corrected chi connectivity index (χ1v) is 15.5. The SMILES string of the molecule is C[Si](C)(C)CCOCn1ccc2c(Oc3c(F)cc(NC(=O)NCc4ccccn4)cc3F)ccnc21. The fraction of sp³-hybridized carbons (Fsp3) is 0.269. The van der Waals surface area contributed by atoms with E-state index in [-0.39, 0.29) is 18.0 Å². The van der Waals surface area contributed by atoms with E-state index in [1.165, 1.54) is 12.3 Å². The molecule has 2 N–H and O–H groups in total. The molecule has 0 unspecified atom stereocenters. The number of hydrogen-bond donors (Lipinski definition) is 2. The number of amides is 2. The molecule has 0 aliphatic carbocycles. The molecule has 2 amide bonds. The van der Waals surface area contributed by atoms with E-state index in [4.69, 9.17) is 9.47 Å². The van der Waals surface area contributed by atoms with Gasteiger partial charge in [0.1, 0.15) is 18.1 Å². The largest absolute Gasteiger partial charge is 0.450 e. The van der Waals surface area contributed by atoms with Crippen LogP contribution < -0.4 is 15.4 Å². The van der Waals surface area contributed by atoms with Gasteiger partial charge in [0, 0.05) is 51.1 Å². The smallest absolute Gasteiger partial charge is 0.319 e. The summed E-state index contributed by atoms with van der Waals surface area (Å²) < 4.78 is 42.9. The second-order valence-electron chi connectivity index (χ2n) is 9.68. The average Bonchev–Trinajstić information content (AvgIpc) is 3.27. The molecule has 37 heavy (non-hydrogen) atoms. The Morgan fingerprint density at radius 1 is 1.05 bits per heavy atom. The number of nitrogens with zero attached hydrogens (tertiary/aromatic N) is 3. The van der Waals surface area contributed by atoms with Gasteiger partial charge in [0.05, 0.1) is 17.6 Å². The molecule has 11 heteroatoms. The second kappa shape index (κ2) is 11.5. The highest BCUT2D eigenvalue weighted by molar-refractivity contribution is 6.76. The number of fused-ring (bicyclic) bond motifs is 1. The Bertz CT molecular complexity index is 1350. The van der Waals surface area contributed by atoms with Crippen LogP contribution in [0.3, 0.4) is 0 Å². The van der Waals surface area contributed by atoms with Crippen LogP contribution in [0.4, 0.5) is 19.3 Å². The van der Waals surface area contributed by atoms with Crippen LogP contribution in [0.2, 0.25) is 25.7 Å². The molecule has 0 saturated heterocycles. The van der Waals surface area contributed by atoms with Gasteiger partial charge in [-0.1, -0.05) is 25.7 Å². The van der Waals surface area contributed by atoms with Gasteiger partial charge in [0.2, 0.25) is 0 Å². The monoisotopic (exact) mass is 525 g/mol. The van der Waals surface area contributed by atoms with Crippen LogP contribution in [-0.4, -0.2) is 35.2 Å². The zero-order valence-electron chi connectivity index (χ0n) is 20.9. The minimum atomic E-state index is -1.20. The standard InChI is InChI=1S/C26H29F2N5O3Si/c1-37(2,3)13-12-35-17-33-11-8-20-23(7-10-30-25(20)33)36-24-21(27)14-19(15-22(24)28)32-26(34)31-16-18-6-4-5-9-29-18/h4-11,14-15H,12-13,16-17H2,1-3H3,(H2,31,32,34). The van der Waals surface area contributed by atoms with Gasteiger partial charge in [-0.25, -0.2) is 18.6 Å². The highest BCUT2D eigenvalue weighted by atomic mass is 28.3. The van der Waals surface area contributed by atoms with Crippen LogP contribution in [0.5, 0.6) is 11.5 Å². The Balaban J connectivity index is 1.42. The van der Waals surface area contributed by atoms with Crippen molar-refractivity contribution in [2.24, 2.45) is 0 Å². The predicted octanol–water partition coefficient (Wildman–Crippen LogP) is 6.14. The molecule has 8 nitrogen and oxygen atoms in total. The van der Waals surface area contributed by atoms with E-state index in [1.54, 1.807) is 36.7 Å². The molecular formula is C26H29F2N5O3Si. The number of carbonyl (C=O) groups is 1. The Hall–Kier alpha value is -3.83. The van der Waals surface area contributed by atoms with E-state index in [2.05, 4.69) is 40.2 Å². The van der Waals surface area contributed by atoms with Crippen molar-refractivity contribution < 1.29 is 23.0 Å². The van der Waals surface area contributed by atoms with Crippen molar-refractivity contribution in [3.63, 3.8) is 0 Å². The summed E-state index contributed by atoms with van der Waals surface area (Å²) in [5.74, 6) is -2.25. The fourth-order valence-electron chi connectivity index (χ4n) is 3.49. The third-order valence-electron chi connectivity index (χ3n) is 5.47. The van der Waals surface area contributed by atoms with Gasteiger partial charge in [0.15, 0.2) is 17.4 Å². The summed E-state index contributed by atoms with van der Waals surface area (Å²) in [5.41, 5.74) is 1.17. The van der Waals surface area contributed by atoms with Crippen molar-refractivity contribution in [3.8, 4) is 11.5 Å². The van der Waals surface area contributed by atoms with Gasteiger partial charge in [-0.05, 0) is 30.3 Å². The maximum Gasteiger partial charge on any atom is 0.319 e. The van der Waals surface area contributed by atoms with Crippen molar-refractivity contribution in [2.45, 2.75) is 39.0 Å². The first kappa shape index (κ1) is 26.2. The number of urea groups is 1. The number of hydrogen-bond acceptors (Lipinski definition) is 5. The number of ether oxygens (including phenoxy) is 2. The number of carbonyl (C=O) groups excluding carboxylic acids is 1. The van der Waals surface area contributed by atoms with Crippen LogP contribution in [0.1, 0.15) is 5.69 Å². The lowest BCUT2D eigenvalue weighted by Crippen LogP contribution is -2.28. The summed E-state index contributed by atoms with van der Waals surface area (Å²) in [6, 6.07) is 11.0. The molecule has 3 heterocycles. The highest BCUT2D eigenvalue weighted by Crippen LogP contribution is 2.34. The molecule has 194 valence electrons. The van der Waals surface area contributed by atoms with E-state index in [0.717, 1.165) is 18.2 Å². The molecule has 0 aliphatic rings. The van der Waals surface area contributed by atoms with Crippen molar-refractivity contribution in [2.75, 3.05) is 11.9 Å². The number of aromatic nitrogens is 3. The number of benzene rings is 1. The minimum Gasteiger partial charge on any atom is -0.450 e. The summed E-state index contributed by atoms with van der Waals surface area (Å²) in [7, 11) is -1.20. The highest BCUT2D eigenvalue weighted by Gasteiger charge is 2.18. The third-order valence-corrected chi connectivity index (χ3v) is 7.18. The minimum absolute atomic E-state index is 0.0534. The van der Waals surface area contributed by atoms with E-state index < -0.39 is 31.5 Å². The maximum absolute atomic E-state index is 14.8. The Morgan fingerprint density at radius 3 is 2.54 bits per heavy atom. The van der Waals surface area contributed by atoms with Crippen molar-refractivity contribution in [1.82, 2.24) is 19.9 Å². The van der Waals surface area contributed by atoms with E-state index in [0.29, 0.717) is 30.1 Å². The van der Waals surface area contributed by atoms with Crippen molar-refractivity contribution in [3.05, 3.63) is 78.4 Å². The van der Waals surface area contributed by atoms with Gasteiger partial charge >= 0.3 is 6.03 Å². The molecule has 4 rings (SSSR count). The van der Waals surface area contributed by atoms with Crippen LogP contribution in [-0.2, 0) is 18.0 Å². The summed E-state index contributed by atoms with van der Waals surface area (Å²) in [5, 5.41) is 5.58. The number of pyridine rings is 2. The molecular weight excluding hydrogens is 496 g/mol. The molecule has 4 aromatic rings. The van der Waals surface area contributed by atoms with E-state index in [1.807, 2.05) is 4.57 Å². The van der Waals surface area contributed by atoms with Crippen molar-refractivity contribution >= 4 is 30.8 Å². The van der Waals surface area contributed by atoms with Crippen LogP contribution in [0.15, 0.2) is 61.1 Å². The topological polar surface area (TPSA) is 90.3 Å². The fourth-order valence-corrected chi connectivity index (χ4v) is 4.25. The molecule has 3 aromatic heterocycles. The molecule has 0 bridgehead atoms. The average molecular weight is 526 g/mol. The number of nitrogens with one attached hydrogen (secondary N) is 2. The molecule has 0 fully saturated rings. The third kappa shape index (κ3) is 7.11. The maximum atomic E-state index is 14.8. The number of halogens is 2. The number of anilines is 1. The summed E-state index contributed by atoms with van der Waals surface area (Å²) in [4.78, 5) is 20.6. The molecule has 0 spiro atoms. The molecule has 0 aliphatic heterocycles. The first-order valence-electron chi connectivity index (χ1n) is 11.8. The Morgan fingerprint density at radius 2 is 1.84 bits per heavy atom. The Kier molecular flexibility index (Phi) is 8.14. The lowest BCUT2D eigenvalue weighted by Gasteiger charge is -2.15. The zero-order valence-corrected chi connectivity index (χ0v) is 21.9. The van der Waals surface area contributed by atoms with Gasteiger partial charge in [-0.2, -0.15) is 0 Å². The summed E-state index contributed by atoms with van der Waals surface area (Å²) in [6.45, 7) is 7.99. The lowest BCUT2D eigenvalue weighted by atomic mass is 10.2. The van der Waals surface area contributed by atoms with Gasteiger partial charge in [0.25, 0.3) is 0 Å². The van der Waals surface area contributed by atoms with Crippen LogP contribution in [0, 0.1) is 11.6 Å². The van der Waals surface area contributed by atoms with Crippen LogP contribution >= 0.6 is 0 Å². The molecule has 1 aromatic carbocycles.